The maximum absolute atomic E-state index is 13.5. The van der Waals surface area contributed by atoms with Crippen LogP contribution in [0.2, 0.25) is 0 Å². The zero-order valence-corrected chi connectivity index (χ0v) is 17.4. The molecule has 0 saturated carbocycles. The fourth-order valence-corrected chi connectivity index (χ4v) is 3.82. The summed E-state index contributed by atoms with van der Waals surface area (Å²) in [5, 5.41) is 8.36. The van der Waals surface area contributed by atoms with E-state index in [-0.39, 0.29) is 17.7 Å². The van der Waals surface area contributed by atoms with Crippen LogP contribution in [0, 0.1) is 24.4 Å². The maximum Gasteiger partial charge on any atom is 0.251 e. The summed E-state index contributed by atoms with van der Waals surface area (Å²) in [5.74, 6) is -4.11. The second kappa shape index (κ2) is 8.05. The van der Waals surface area contributed by atoms with Crippen LogP contribution >= 0.6 is 0 Å². The molecule has 3 aromatic heterocycles. The zero-order chi connectivity index (χ0) is 23.1. The number of hydrogen-bond donors (Lipinski definition) is 1. The van der Waals surface area contributed by atoms with E-state index in [0.717, 1.165) is 45.6 Å². The van der Waals surface area contributed by atoms with Gasteiger partial charge >= 0.3 is 0 Å². The normalized spacial score (nSPS) is 11.3. The van der Waals surface area contributed by atoms with Crippen molar-refractivity contribution in [2.45, 2.75) is 13.5 Å². The second-order valence-corrected chi connectivity index (χ2v) is 7.77. The van der Waals surface area contributed by atoms with Gasteiger partial charge in [0.1, 0.15) is 5.69 Å². The van der Waals surface area contributed by atoms with Crippen LogP contribution in [0.25, 0.3) is 33.3 Å². The topological polar surface area (TPSA) is 63.6 Å². The summed E-state index contributed by atoms with van der Waals surface area (Å²) in [6.45, 7) is 1.83. The molecule has 8 heteroatoms. The Bertz CT molecular complexity index is 1550. The van der Waals surface area contributed by atoms with Crippen molar-refractivity contribution in [3.8, 4) is 22.4 Å². The molecule has 0 aliphatic carbocycles. The monoisotopic (exact) mass is 446 g/mol. The van der Waals surface area contributed by atoms with Crippen LogP contribution < -0.4 is 5.56 Å². The number of nitrogens with one attached hydrogen (secondary N) is 1. The minimum absolute atomic E-state index is 0.0838. The van der Waals surface area contributed by atoms with Gasteiger partial charge in [0.25, 0.3) is 5.56 Å². The smallest absolute Gasteiger partial charge is 0.251 e. The Balaban J connectivity index is 1.50. The third-order valence-corrected chi connectivity index (χ3v) is 5.46. The van der Waals surface area contributed by atoms with Gasteiger partial charge in [-0.05, 0) is 66.1 Å². The minimum atomic E-state index is -1.53. The molecule has 0 radical (unpaired) electrons. The molecule has 2 aromatic carbocycles. The summed E-state index contributed by atoms with van der Waals surface area (Å²) < 4.78 is 41.5. The van der Waals surface area contributed by atoms with E-state index in [1.165, 1.54) is 10.6 Å². The van der Waals surface area contributed by atoms with E-state index in [4.69, 9.17) is 0 Å². The first kappa shape index (κ1) is 20.7. The molecule has 5 aromatic rings. The number of aromatic amines is 1. The summed E-state index contributed by atoms with van der Waals surface area (Å²) >= 11 is 0. The lowest BCUT2D eigenvalue weighted by atomic mass is 10.0. The number of hydrogen-bond acceptors (Lipinski definition) is 3. The molecule has 0 aliphatic rings. The van der Waals surface area contributed by atoms with Crippen molar-refractivity contribution in [3.63, 3.8) is 0 Å². The van der Waals surface area contributed by atoms with E-state index in [2.05, 4.69) is 15.2 Å². The largest absolute Gasteiger partial charge is 0.311 e. The summed E-state index contributed by atoms with van der Waals surface area (Å²) in [5.41, 5.74) is 4.76. The van der Waals surface area contributed by atoms with E-state index in [1.807, 2.05) is 37.3 Å². The van der Waals surface area contributed by atoms with Crippen LogP contribution in [0.4, 0.5) is 13.2 Å². The van der Waals surface area contributed by atoms with Crippen molar-refractivity contribution in [3.05, 3.63) is 106 Å². The van der Waals surface area contributed by atoms with Crippen LogP contribution in [0.1, 0.15) is 11.3 Å². The average molecular weight is 446 g/mol. The Kier molecular flexibility index (Phi) is 5.05. The number of benzene rings is 2. The summed E-state index contributed by atoms with van der Waals surface area (Å²) in [6, 6.07) is 14.5. The highest BCUT2D eigenvalue weighted by Gasteiger charge is 2.13. The highest BCUT2D eigenvalue weighted by atomic mass is 19.2. The lowest BCUT2D eigenvalue weighted by Crippen LogP contribution is -2.19. The van der Waals surface area contributed by atoms with Gasteiger partial charge in [-0.3, -0.25) is 14.9 Å². The fraction of sp³-hybridized carbons (Fsp3) is 0.0800. The van der Waals surface area contributed by atoms with Crippen molar-refractivity contribution >= 4 is 10.9 Å². The first-order valence-electron chi connectivity index (χ1n) is 10.1. The van der Waals surface area contributed by atoms with Crippen molar-refractivity contribution in [1.82, 2.24) is 19.7 Å². The number of nitrogens with zero attached hydrogens (tertiary/aromatic N) is 3. The van der Waals surface area contributed by atoms with Crippen LogP contribution in [-0.2, 0) is 6.54 Å². The van der Waals surface area contributed by atoms with E-state index >= 15 is 0 Å². The van der Waals surface area contributed by atoms with E-state index in [1.54, 1.807) is 18.5 Å². The SMILES string of the molecule is Cc1cc(-c2n[nH]c3ccc(-c4ccn(Cc5cc(F)c(F)c(F)c5)c(=O)c4)cc23)ccn1. The first-order valence-corrected chi connectivity index (χ1v) is 10.1. The van der Waals surface area contributed by atoms with Gasteiger partial charge in [0, 0.05) is 35.1 Å². The van der Waals surface area contributed by atoms with Crippen molar-refractivity contribution in [2.24, 2.45) is 0 Å². The van der Waals surface area contributed by atoms with Crippen molar-refractivity contribution < 1.29 is 13.2 Å². The van der Waals surface area contributed by atoms with Gasteiger partial charge in [0.05, 0.1) is 12.1 Å². The summed E-state index contributed by atoms with van der Waals surface area (Å²) in [6.07, 6.45) is 3.27. The Morgan fingerprint density at radius 3 is 2.39 bits per heavy atom. The van der Waals surface area contributed by atoms with Gasteiger partial charge in [0.2, 0.25) is 0 Å². The van der Waals surface area contributed by atoms with E-state index in [9.17, 15) is 18.0 Å². The van der Waals surface area contributed by atoms with Crippen LogP contribution in [0.3, 0.4) is 0 Å². The van der Waals surface area contributed by atoms with Gasteiger partial charge in [0.15, 0.2) is 17.5 Å². The number of aromatic nitrogens is 4. The third-order valence-electron chi connectivity index (χ3n) is 5.46. The van der Waals surface area contributed by atoms with Gasteiger partial charge in [-0.15, -0.1) is 0 Å². The third kappa shape index (κ3) is 3.91. The van der Waals surface area contributed by atoms with Crippen LogP contribution in [-0.4, -0.2) is 19.7 Å². The zero-order valence-electron chi connectivity index (χ0n) is 17.4. The molecule has 164 valence electrons. The lowest BCUT2D eigenvalue weighted by Gasteiger charge is -2.09. The van der Waals surface area contributed by atoms with Gasteiger partial charge < -0.3 is 4.57 Å². The molecule has 0 fully saturated rings. The molecule has 0 bridgehead atoms. The molecule has 5 rings (SSSR count). The predicted octanol–water partition coefficient (Wildman–Crippen LogP) is 5.23. The maximum atomic E-state index is 13.5. The van der Waals surface area contributed by atoms with Gasteiger partial charge in [-0.25, -0.2) is 13.2 Å². The molecule has 0 atom stereocenters. The highest BCUT2D eigenvalue weighted by molar-refractivity contribution is 5.95. The summed E-state index contributed by atoms with van der Waals surface area (Å²) in [7, 11) is 0. The van der Waals surface area contributed by atoms with Crippen LogP contribution in [0.5, 0.6) is 0 Å². The lowest BCUT2D eigenvalue weighted by molar-refractivity contribution is 0.444. The molecular formula is C25H17F3N4O. The number of rotatable bonds is 4. The van der Waals surface area contributed by atoms with Gasteiger partial charge in [-0.2, -0.15) is 5.10 Å². The molecule has 0 unspecified atom stereocenters. The van der Waals surface area contributed by atoms with Crippen LogP contribution in [0.15, 0.2) is 71.8 Å². The van der Waals surface area contributed by atoms with E-state index in [0.29, 0.717) is 5.56 Å². The number of aryl methyl sites for hydroxylation is 1. The molecule has 0 aliphatic heterocycles. The fourth-order valence-electron chi connectivity index (χ4n) is 3.82. The molecule has 3 heterocycles. The van der Waals surface area contributed by atoms with Crippen molar-refractivity contribution in [1.29, 1.82) is 0 Å². The molecule has 0 spiro atoms. The molecule has 1 N–H and O–H groups in total. The second-order valence-electron chi connectivity index (χ2n) is 7.77. The Labute approximate surface area is 186 Å². The number of halogens is 3. The van der Waals surface area contributed by atoms with Crippen molar-refractivity contribution in [2.75, 3.05) is 0 Å². The molecule has 5 nitrogen and oxygen atoms in total. The molecule has 0 amide bonds. The Morgan fingerprint density at radius 1 is 0.909 bits per heavy atom. The quantitative estimate of drug-likeness (QED) is 0.385. The van der Waals surface area contributed by atoms with Gasteiger partial charge in [-0.1, -0.05) is 6.07 Å². The highest BCUT2D eigenvalue weighted by Crippen LogP contribution is 2.30. The average Bonchev–Trinajstić information content (AvgIpc) is 3.22. The minimum Gasteiger partial charge on any atom is -0.311 e. The summed E-state index contributed by atoms with van der Waals surface area (Å²) in [4.78, 5) is 16.9. The number of H-pyrrole nitrogens is 1. The Hall–Kier alpha value is -4.20. The standard InChI is InChI=1S/C25H17F3N4O/c1-14-8-18(4-6-29-14)25-19-11-16(2-3-22(19)30-31-25)17-5-7-32(23(33)12-17)13-15-9-20(26)24(28)21(27)10-15/h2-12H,13H2,1H3,(H,30,31). The molecule has 0 saturated heterocycles. The first-order chi connectivity index (χ1) is 15.9. The number of fused-ring (bicyclic) bond motifs is 1. The molecule has 33 heavy (non-hydrogen) atoms. The predicted molar refractivity (Wildman–Crippen MR) is 119 cm³/mol. The van der Waals surface area contributed by atoms with E-state index < -0.39 is 17.5 Å². The number of pyridine rings is 2. The Morgan fingerprint density at radius 2 is 1.67 bits per heavy atom. The molecular weight excluding hydrogens is 429 g/mol.